The molecule has 0 radical (unpaired) electrons. The first-order chi connectivity index (χ1) is 15.4. The second-order valence-electron chi connectivity index (χ2n) is 10.7. The number of nitrogens with zero attached hydrogens (tertiary/aromatic N) is 3. The summed E-state index contributed by atoms with van der Waals surface area (Å²) in [6.45, 7) is 12.4. The number of hydrogen-bond donors (Lipinski definition) is 3. The lowest BCUT2D eigenvalue weighted by molar-refractivity contribution is 0.0229. The number of aliphatic hydroxyl groups is 1. The average Bonchev–Trinajstić information content (AvgIpc) is 3.16. The molecule has 0 unspecified atom stereocenters. The predicted octanol–water partition coefficient (Wildman–Crippen LogP) is 4.18. The number of nitrogen functional groups attached to an aromatic ring is 1. The third-order valence-corrected chi connectivity index (χ3v) is 6.07. The van der Waals surface area contributed by atoms with Crippen LogP contribution in [0.15, 0.2) is 18.3 Å². The molecule has 8 heteroatoms. The molecule has 1 saturated carbocycles. The van der Waals surface area contributed by atoms with E-state index in [-0.39, 0.29) is 11.7 Å². The van der Waals surface area contributed by atoms with Crippen molar-refractivity contribution in [3.05, 3.63) is 23.9 Å². The molecule has 1 aromatic carbocycles. The fourth-order valence-corrected chi connectivity index (χ4v) is 4.34. The minimum absolute atomic E-state index is 0.200. The summed E-state index contributed by atoms with van der Waals surface area (Å²) in [5, 5.41) is 19.1. The highest BCUT2D eigenvalue weighted by molar-refractivity contribution is 5.83. The Morgan fingerprint density at radius 1 is 1.12 bits per heavy atom. The van der Waals surface area contributed by atoms with Crippen molar-refractivity contribution in [3.63, 3.8) is 0 Å². The number of nitrogens with one attached hydrogen (secondary N) is 1. The SMILES string of the molecule is CC(C)(C)OC(=O)N1CCNCC1.CC(C)(O)c1cc2nn(C3CCCCC3)cc2cc1N. The molecule has 0 bridgehead atoms. The van der Waals surface area contributed by atoms with Crippen molar-refractivity contribution in [1.29, 1.82) is 0 Å². The van der Waals surface area contributed by atoms with Crippen LogP contribution >= 0.6 is 0 Å². The van der Waals surface area contributed by atoms with Crippen LogP contribution in [-0.2, 0) is 10.3 Å². The Labute approximate surface area is 197 Å². The van der Waals surface area contributed by atoms with Crippen LogP contribution in [0.5, 0.6) is 0 Å². The van der Waals surface area contributed by atoms with Gasteiger partial charge in [-0.3, -0.25) is 4.68 Å². The standard InChI is InChI=1S/C16H23N3O.C9H18N2O2/c1-16(2,20)13-9-15-11(8-14(13)17)10-19(18-15)12-6-4-3-5-7-12;1-9(2,3)13-8(12)11-6-4-10-5-7-11/h8-10,12,20H,3-7,17H2,1-2H3;10H,4-7H2,1-3H3. The van der Waals surface area contributed by atoms with Gasteiger partial charge in [-0.2, -0.15) is 5.10 Å². The van der Waals surface area contributed by atoms with Crippen molar-refractivity contribution in [3.8, 4) is 0 Å². The third-order valence-electron chi connectivity index (χ3n) is 6.07. The largest absolute Gasteiger partial charge is 0.444 e. The maximum Gasteiger partial charge on any atom is 0.410 e. The fraction of sp³-hybridized carbons (Fsp3) is 0.680. The molecule has 2 heterocycles. The molecule has 0 atom stereocenters. The van der Waals surface area contributed by atoms with Gasteiger partial charge in [-0.15, -0.1) is 0 Å². The van der Waals surface area contributed by atoms with Gasteiger partial charge in [0.05, 0.1) is 17.2 Å². The molecule has 2 aliphatic rings. The van der Waals surface area contributed by atoms with Gasteiger partial charge in [0.2, 0.25) is 0 Å². The summed E-state index contributed by atoms with van der Waals surface area (Å²) in [5.41, 5.74) is 7.04. The molecule has 1 amide bonds. The molecule has 4 rings (SSSR count). The Kier molecular flexibility index (Phi) is 7.90. The summed E-state index contributed by atoms with van der Waals surface area (Å²) in [7, 11) is 0. The molecule has 4 N–H and O–H groups in total. The molecule has 8 nitrogen and oxygen atoms in total. The van der Waals surface area contributed by atoms with Gasteiger partial charge in [0.25, 0.3) is 0 Å². The number of anilines is 1. The minimum atomic E-state index is -0.938. The van der Waals surface area contributed by atoms with Crippen LogP contribution in [0.4, 0.5) is 10.5 Å². The Morgan fingerprint density at radius 3 is 2.33 bits per heavy atom. The first kappa shape index (κ1) is 25.3. The second-order valence-corrected chi connectivity index (χ2v) is 10.7. The van der Waals surface area contributed by atoms with Crippen molar-refractivity contribution in [1.82, 2.24) is 20.0 Å². The first-order valence-corrected chi connectivity index (χ1v) is 12.1. The molecule has 2 aromatic rings. The number of benzene rings is 1. The maximum atomic E-state index is 11.5. The number of aromatic nitrogens is 2. The third kappa shape index (κ3) is 7.08. The summed E-state index contributed by atoms with van der Waals surface area (Å²) in [4.78, 5) is 13.2. The van der Waals surface area contributed by atoms with Crippen LogP contribution in [0.2, 0.25) is 0 Å². The van der Waals surface area contributed by atoms with Gasteiger partial charge in [-0.25, -0.2) is 4.79 Å². The minimum Gasteiger partial charge on any atom is -0.444 e. The normalized spacial score (nSPS) is 18.1. The summed E-state index contributed by atoms with van der Waals surface area (Å²) in [6.07, 6.45) is 8.23. The lowest BCUT2D eigenvalue weighted by atomic mass is 9.95. The maximum absolute atomic E-state index is 11.5. The Bertz CT molecular complexity index is 930. The van der Waals surface area contributed by atoms with Crippen LogP contribution in [-0.4, -0.2) is 57.7 Å². The van der Waals surface area contributed by atoms with E-state index in [1.54, 1.807) is 18.7 Å². The average molecular weight is 460 g/mol. The molecular formula is C25H41N5O3. The Balaban J connectivity index is 0.000000205. The lowest BCUT2D eigenvalue weighted by Gasteiger charge is -2.30. The first-order valence-electron chi connectivity index (χ1n) is 12.1. The highest BCUT2D eigenvalue weighted by Crippen LogP contribution is 2.32. The zero-order valence-electron chi connectivity index (χ0n) is 20.9. The summed E-state index contributed by atoms with van der Waals surface area (Å²) in [6, 6.07) is 4.36. The molecular weight excluding hydrogens is 418 g/mol. The molecule has 1 aliphatic carbocycles. The van der Waals surface area contributed by atoms with Crippen LogP contribution < -0.4 is 11.1 Å². The Hall–Kier alpha value is -2.32. The van der Waals surface area contributed by atoms with Crippen LogP contribution in [0, 0.1) is 0 Å². The van der Waals surface area contributed by atoms with E-state index in [2.05, 4.69) is 16.2 Å². The van der Waals surface area contributed by atoms with Crippen molar-refractivity contribution >= 4 is 22.7 Å². The number of fused-ring (bicyclic) bond motifs is 1. The van der Waals surface area contributed by atoms with Crippen molar-refractivity contribution in [2.75, 3.05) is 31.9 Å². The lowest BCUT2D eigenvalue weighted by Crippen LogP contribution is -2.48. The molecule has 1 aliphatic heterocycles. The number of amides is 1. The Morgan fingerprint density at radius 2 is 1.76 bits per heavy atom. The molecule has 0 spiro atoms. The predicted molar refractivity (Wildman–Crippen MR) is 132 cm³/mol. The number of carbonyl (C=O) groups excluding carboxylic acids is 1. The number of nitrogens with two attached hydrogens (primary N) is 1. The quantitative estimate of drug-likeness (QED) is 0.582. The zero-order chi connectivity index (χ0) is 24.2. The summed E-state index contributed by atoms with van der Waals surface area (Å²) >= 11 is 0. The summed E-state index contributed by atoms with van der Waals surface area (Å²) < 4.78 is 7.33. The van der Waals surface area contributed by atoms with E-state index in [1.807, 2.05) is 32.9 Å². The van der Waals surface area contributed by atoms with E-state index in [0.717, 1.165) is 42.6 Å². The topological polar surface area (TPSA) is 106 Å². The van der Waals surface area contributed by atoms with Crippen LogP contribution in [0.1, 0.15) is 78.3 Å². The van der Waals surface area contributed by atoms with Crippen molar-refractivity contribution in [2.45, 2.75) is 84.0 Å². The van der Waals surface area contributed by atoms with E-state index in [1.165, 1.54) is 32.1 Å². The van der Waals surface area contributed by atoms with E-state index in [0.29, 0.717) is 11.7 Å². The van der Waals surface area contributed by atoms with Gasteiger partial charge in [0.15, 0.2) is 0 Å². The van der Waals surface area contributed by atoms with E-state index in [9.17, 15) is 9.90 Å². The number of hydrogen-bond acceptors (Lipinski definition) is 6. The highest BCUT2D eigenvalue weighted by Gasteiger charge is 2.23. The van der Waals surface area contributed by atoms with Gasteiger partial charge in [-0.1, -0.05) is 19.3 Å². The number of rotatable bonds is 2. The molecule has 184 valence electrons. The van der Waals surface area contributed by atoms with E-state index >= 15 is 0 Å². The monoisotopic (exact) mass is 459 g/mol. The van der Waals surface area contributed by atoms with Crippen LogP contribution in [0.3, 0.4) is 0 Å². The smallest absolute Gasteiger partial charge is 0.410 e. The highest BCUT2D eigenvalue weighted by atomic mass is 16.6. The number of carbonyl (C=O) groups is 1. The van der Waals surface area contributed by atoms with Gasteiger partial charge in [-0.05, 0) is 59.6 Å². The molecule has 1 aromatic heterocycles. The van der Waals surface area contributed by atoms with E-state index < -0.39 is 5.60 Å². The second kappa shape index (κ2) is 10.3. The van der Waals surface area contributed by atoms with E-state index in [4.69, 9.17) is 15.6 Å². The van der Waals surface area contributed by atoms with Gasteiger partial charge < -0.3 is 25.8 Å². The molecule has 1 saturated heterocycles. The van der Waals surface area contributed by atoms with Gasteiger partial charge in [0, 0.05) is 49.0 Å². The number of ether oxygens (including phenoxy) is 1. The fourth-order valence-electron chi connectivity index (χ4n) is 4.34. The van der Waals surface area contributed by atoms with Crippen molar-refractivity contribution in [2.24, 2.45) is 0 Å². The number of piperazine rings is 1. The van der Waals surface area contributed by atoms with Crippen molar-refractivity contribution < 1.29 is 14.6 Å². The summed E-state index contributed by atoms with van der Waals surface area (Å²) in [5.74, 6) is 0. The molecule has 2 fully saturated rings. The van der Waals surface area contributed by atoms with Crippen LogP contribution in [0.25, 0.3) is 10.9 Å². The van der Waals surface area contributed by atoms with Gasteiger partial charge >= 0.3 is 6.09 Å². The van der Waals surface area contributed by atoms with Gasteiger partial charge in [0.1, 0.15) is 5.60 Å². The zero-order valence-corrected chi connectivity index (χ0v) is 20.9. The molecule has 33 heavy (non-hydrogen) atoms.